The SMILES string of the molecule is CCCO[P+](=O)O[N+](=O)[O-]. The van der Waals surface area contributed by atoms with Crippen molar-refractivity contribution in [2.75, 3.05) is 6.61 Å². The molecule has 0 aromatic carbocycles. The zero-order valence-electron chi connectivity index (χ0n) is 5.35. The third-order valence-electron chi connectivity index (χ3n) is 0.534. The predicted molar refractivity (Wildman–Crippen MR) is 31.9 cm³/mol. The lowest BCUT2D eigenvalue weighted by molar-refractivity contribution is -0.714. The van der Waals surface area contributed by atoms with Gasteiger partial charge in [0, 0.05) is 4.57 Å². The summed E-state index contributed by atoms with van der Waals surface area (Å²) in [6.07, 6.45) is 0.641. The largest absolute Gasteiger partial charge is 0.741 e. The van der Waals surface area contributed by atoms with Crippen molar-refractivity contribution in [2.24, 2.45) is 0 Å². The van der Waals surface area contributed by atoms with Crippen molar-refractivity contribution in [3.8, 4) is 0 Å². The van der Waals surface area contributed by atoms with Gasteiger partial charge in [0.1, 0.15) is 6.61 Å². The minimum atomic E-state index is -2.57. The fourth-order valence-electron chi connectivity index (χ4n) is 0.244. The van der Waals surface area contributed by atoms with E-state index in [9.17, 15) is 14.7 Å². The van der Waals surface area contributed by atoms with Crippen molar-refractivity contribution in [1.82, 2.24) is 0 Å². The Morgan fingerprint density at radius 3 is 2.70 bits per heavy atom. The maximum Gasteiger partial charge on any atom is 0.741 e. The lowest BCUT2D eigenvalue weighted by Crippen LogP contribution is -1.94. The molecule has 0 aromatic rings. The van der Waals surface area contributed by atoms with Crippen LogP contribution in [-0.2, 0) is 13.7 Å². The third kappa shape index (κ3) is 5.40. The molecular weight excluding hydrogens is 161 g/mol. The predicted octanol–water partition coefficient (Wildman–Crippen LogP) is 1.28. The molecule has 0 aliphatic heterocycles. The molecule has 0 aliphatic carbocycles. The first kappa shape index (κ1) is 9.26. The van der Waals surface area contributed by atoms with Crippen LogP contribution < -0.4 is 0 Å². The Balaban J connectivity index is 3.35. The van der Waals surface area contributed by atoms with Gasteiger partial charge in [-0.3, -0.25) is 0 Å². The Kier molecular flexibility index (Phi) is 4.70. The van der Waals surface area contributed by atoms with Gasteiger partial charge < -0.3 is 0 Å². The van der Waals surface area contributed by atoms with Crippen LogP contribution in [0.3, 0.4) is 0 Å². The van der Waals surface area contributed by atoms with Crippen molar-refractivity contribution in [1.29, 1.82) is 0 Å². The van der Waals surface area contributed by atoms with Gasteiger partial charge in [-0.1, -0.05) is 6.92 Å². The van der Waals surface area contributed by atoms with Gasteiger partial charge in [-0.2, -0.15) is 0 Å². The molecule has 0 saturated heterocycles. The zero-order chi connectivity index (χ0) is 7.98. The second-order valence-corrected chi connectivity index (χ2v) is 2.23. The fraction of sp³-hybridized carbons (Fsp3) is 1.00. The molecule has 0 rings (SSSR count). The van der Waals surface area contributed by atoms with Crippen molar-refractivity contribution in [2.45, 2.75) is 13.3 Å². The highest BCUT2D eigenvalue weighted by Gasteiger charge is 2.24. The van der Waals surface area contributed by atoms with Crippen molar-refractivity contribution in [3.05, 3.63) is 10.1 Å². The molecule has 10 heavy (non-hydrogen) atoms. The van der Waals surface area contributed by atoms with E-state index in [-0.39, 0.29) is 6.61 Å². The minimum Gasteiger partial charge on any atom is -0.118 e. The van der Waals surface area contributed by atoms with Gasteiger partial charge in [-0.05, 0) is 11.0 Å². The summed E-state index contributed by atoms with van der Waals surface area (Å²) in [5.41, 5.74) is 0. The minimum absolute atomic E-state index is 0.197. The summed E-state index contributed by atoms with van der Waals surface area (Å²) in [4.78, 5) is 9.49. The quantitative estimate of drug-likeness (QED) is 0.351. The van der Waals surface area contributed by atoms with E-state index < -0.39 is 13.3 Å². The number of rotatable bonds is 5. The summed E-state index contributed by atoms with van der Waals surface area (Å²) in [6.45, 7) is 1.98. The normalized spacial score (nSPS) is 10.7. The molecule has 0 aliphatic rings. The Morgan fingerprint density at radius 2 is 2.30 bits per heavy atom. The van der Waals surface area contributed by atoms with Gasteiger partial charge >= 0.3 is 13.3 Å². The first-order valence-corrected chi connectivity index (χ1v) is 3.69. The highest BCUT2D eigenvalue weighted by atomic mass is 31.1. The molecule has 6 nitrogen and oxygen atoms in total. The lowest BCUT2D eigenvalue weighted by atomic mass is 10.5. The lowest BCUT2D eigenvalue weighted by Gasteiger charge is -1.81. The van der Waals surface area contributed by atoms with E-state index in [1.165, 1.54) is 0 Å². The summed E-state index contributed by atoms with van der Waals surface area (Å²) >= 11 is 0. The van der Waals surface area contributed by atoms with E-state index in [4.69, 9.17) is 0 Å². The van der Waals surface area contributed by atoms with Crippen LogP contribution in [0.25, 0.3) is 0 Å². The highest BCUT2D eigenvalue weighted by molar-refractivity contribution is 7.33. The van der Waals surface area contributed by atoms with Gasteiger partial charge in [0.15, 0.2) is 0 Å². The summed E-state index contributed by atoms with van der Waals surface area (Å²) in [6, 6.07) is 0. The second-order valence-electron chi connectivity index (χ2n) is 1.36. The standard InChI is InChI=1S/C3H7NO5P/c1-2-3-8-10(7)9-4(5)6/h2-3H2,1H3/q+1. The van der Waals surface area contributed by atoms with Crippen molar-refractivity contribution in [3.63, 3.8) is 0 Å². The van der Waals surface area contributed by atoms with Gasteiger partial charge in [-0.15, -0.1) is 14.6 Å². The first-order chi connectivity index (χ1) is 4.66. The van der Waals surface area contributed by atoms with E-state index in [0.29, 0.717) is 6.42 Å². The average molecular weight is 168 g/mol. The molecule has 0 spiro atoms. The number of hydrogen-bond donors (Lipinski definition) is 0. The summed E-state index contributed by atoms with van der Waals surface area (Å²) in [7, 11) is -2.57. The van der Waals surface area contributed by atoms with Crippen LogP contribution in [0, 0.1) is 10.1 Å². The van der Waals surface area contributed by atoms with E-state index >= 15 is 0 Å². The molecule has 58 valence electrons. The molecule has 0 radical (unpaired) electrons. The zero-order valence-corrected chi connectivity index (χ0v) is 6.24. The van der Waals surface area contributed by atoms with Gasteiger partial charge in [0.2, 0.25) is 0 Å². The Bertz CT molecular complexity index is 137. The van der Waals surface area contributed by atoms with Crippen LogP contribution in [0.2, 0.25) is 0 Å². The van der Waals surface area contributed by atoms with Crippen molar-refractivity contribution >= 4 is 8.25 Å². The average Bonchev–Trinajstić information content (AvgIpc) is 1.82. The Labute approximate surface area is 58.2 Å². The monoisotopic (exact) mass is 168 g/mol. The van der Waals surface area contributed by atoms with E-state index in [1.807, 2.05) is 0 Å². The molecule has 0 fully saturated rings. The molecule has 0 saturated carbocycles. The van der Waals surface area contributed by atoms with E-state index in [1.54, 1.807) is 6.92 Å². The molecule has 7 heteroatoms. The maximum absolute atomic E-state index is 10.3. The summed E-state index contributed by atoms with van der Waals surface area (Å²) < 4.78 is 18.2. The molecule has 1 unspecified atom stereocenters. The Morgan fingerprint density at radius 1 is 1.70 bits per heavy atom. The van der Waals surface area contributed by atoms with Crippen LogP contribution in [0.1, 0.15) is 13.3 Å². The molecule has 0 aromatic heterocycles. The van der Waals surface area contributed by atoms with Crippen LogP contribution in [-0.4, -0.2) is 11.7 Å². The molecule has 0 heterocycles. The van der Waals surface area contributed by atoms with Crippen LogP contribution in [0.15, 0.2) is 0 Å². The number of hydrogen-bond acceptors (Lipinski definition) is 5. The van der Waals surface area contributed by atoms with E-state index in [0.717, 1.165) is 0 Å². The molecular formula is C3H7NO5P+. The molecule has 1 atom stereocenters. The summed E-state index contributed by atoms with van der Waals surface area (Å²) in [5, 5.41) is 8.35. The third-order valence-corrected chi connectivity index (χ3v) is 1.19. The van der Waals surface area contributed by atoms with Gasteiger partial charge in [-0.25, -0.2) is 0 Å². The highest BCUT2D eigenvalue weighted by Crippen LogP contribution is 2.22. The Hall–Kier alpha value is -0.740. The fourth-order valence-corrected chi connectivity index (χ4v) is 0.731. The van der Waals surface area contributed by atoms with Crippen LogP contribution in [0.4, 0.5) is 0 Å². The smallest absolute Gasteiger partial charge is 0.118 e. The maximum atomic E-state index is 10.3. The van der Waals surface area contributed by atoms with Crippen LogP contribution in [0.5, 0.6) is 0 Å². The van der Waals surface area contributed by atoms with E-state index in [2.05, 4.69) is 9.15 Å². The molecule has 0 N–H and O–H groups in total. The van der Waals surface area contributed by atoms with Gasteiger partial charge in [0.25, 0.3) is 0 Å². The van der Waals surface area contributed by atoms with Crippen LogP contribution >= 0.6 is 8.25 Å². The molecule has 0 amide bonds. The van der Waals surface area contributed by atoms with Gasteiger partial charge in [0.05, 0.1) is 0 Å². The number of nitrogens with zero attached hydrogens (tertiary/aromatic N) is 1. The summed E-state index contributed by atoms with van der Waals surface area (Å²) in [5.74, 6) is 0. The molecule has 0 bridgehead atoms. The second kappa shape index (κ2) is 5.08. The topological polar surface area (TPSA) is 78.7 Å². The first-order valence-electron chi connectivity index (χ1n) is 2.59. The van der Waals surface area contributed by atoms with Crippen molar-refractivity contribution < 1.29 is 18.8 Å².